The second-order valence-corrected chi connectivity index (χ2v) is 19.0. The van der Waals surface area contributed by atoms with E-state index >= 15 is 0 Å². The smallest absolute Gasteiger partial charge is 0.410 e. The quantitative estimate of drug-likeness (QED) is 0.180. The van der Waals surface area contributed by atoms with Gasteiger partial charge in [0, 0.05) is 54.3 Å². The molecule has 7 rings (SSSR count). The Labute approximate surface area is 339 Å². The van der Waals surface area contributed by atoms with Gasteiger partial charge in [-0.2, -0.15) is 5.26 Å². The summed E-state index contributed by atoms with van der Waals surface area (Å²) < 4.78 is 13.0. The van der Waals surface area contributed by atoms with E-state index in [0.29, 0.717) is 45.4 Å². The molecule has 2 N–H and O–H groups in total. The van der Waals surface area contributed by atoms with Crippen molar-refractivity contribution >= 4 is 77.4 Å². The van der Waals surface area contributed by atoms with E-state index in [0.717, 1.165) is 75.1 Å². The summed E-state index contributed by atoms with van der Waals surface area (Å²) in [4.78, 5) is 57.4. The number of Topliss-reactive ketones (excluding diaryl/α,β-unsaturated/α-hetero) is 1. The first-order valence-electron chi connectivity index (χ1n) is 18.4. The lowest BCUT2D eigenvalue weighted by molar-refractivity contribution is -0.121. The van der Waals surface area contributed by atoms with E-state index in [1.165, 1.54) is 5.56 Å². The number of nitrogen functional groups attached to an aromatic ring is 1. The van der Waals surface area contributed by atoms with E-state index in [9.17, 15) is 14.4 Å². The van der Waals surface area contributed by atoms with Crippen molar-refractivity contribution in [2.75, 3.05) is 25.4 Å². The van der Waals surface area contributed by atoms with Crippen LogP contribution in [-0.4, -0.2) is 78.5 Å². The number of aromatic nitrogens is 4. The Bertz CT molecular complexity index is 2300. The van der Waals surface area contributed by atoms with Crippen LogP contribution in [0, 0.1) is 39.0 Å². The average Bonchev–Trinajstić information content (AvgIpc) is 3.78. The molecule has 0 atom stereocenters. The van der Waals surface area contributed by atoms with E-state index < -0.39 is 11.2 Å². The number of anilines is 1. The Morgan fingerprint density at radius 1 is 0.786 bits per heavy atom. The highest BCUT2D eigenvalue weighted by Crippen LogP contribution is 2.44. The van der Waals surface area contributed by atoms with Crippen molar-refractivity contribution in [3.05, 3.63) is 50.4 Å². The van der Waals surface area contributed by atoms with Crippen LogP contribution in [0.4, 0.5) is 14.6 Å². The number of pyridine rings is 2. The van der Waals surface area contributed by atoms with Gasteiger partial charge in [-0.1, -0.05) is 0 Å². The monoisotopic (exact) mass is 818 g/mol. The maximum absolute atomic E-state index is 12.4. The lowest BCUT2D eigenvalue weighted by atomic mass is 10.0. The zero-order chi connectivity index (χ0) is 41.1. The number of thiazole rings is 2. The molecule has 2 aliphatic rings. The molecular weight excluding hydrogens is 769 g/mol. The Kier molecular flexibility index (Phi) is 13.0. The lowest BCUT2D eigenvalue weighted by Crippen LogP contribution is -2.41. The van der Waals surface area contributed by atoms with Crippen LogP contribution < -0.4 is 5.73 Å². The fraction of sp³-hybridized carbons (Fsp3) is 0.500. The van der Waals surface area contributed by atoms with Gasteiger partial charge in [0.05, 0.1) is 44.8 Å². The average molecular weight is 819 g/mol. The number of rotatable bonds is 2. The van der Waals surface area contributed by atoms with Gasteiger partial charge < -0.3 is 25.0 Å². The highest BCUT2D eigenvalue weighted by Gasteiger charge is 2.31. The zero-order valence-electron chi connectivity index (χ0n) is 33.8. The zero-order valence-corrected chi connectivity index (χ0v) is 36.2. The summed E-state index contributed by atoms with van der Waals surface area (Å²) >= 11 is 4.78. The SMILES string of the molecule is CC(C)(C)OC(=O)N1CCC(=O)CC1.Cc1cc2sc(-c3c(N)sc4c3CCN(C(=O)OC(C)(C)C)C4)nc2c(C)n1.Cc1cc2sc(CC#N)nc2c(C)n1. The van der Waals surface area contributed by atoms with E-state index in [4.69, 9.17) is 25.5 Å². The van der Waals surface area contributed by atoms with E-state index in [1.807, 2.05) is 75.3 Å². The molecule has 56 heavy (non-hydrogen) atoms. The number of carbonyl (C=O) groups is 3. The van der Waals surface area contributed by atoms with Crippen LogP contribution in [0.1, 0.15) is 92.6 Å². The molecule has 0 spiro atoms. The van der Waals surface area contributed by atoms with E-state index in [-0.39, 0.29) is 18.0 Å². The molecule has 5 aromatic rings. The van der Waals surface area contributed by atoms with Crippen LogP contribution in [0.15, 0.2) is 12.1 Å². The van der Waals surface area contributed by atoms with E-state index in [1.54, 1.807) is 43.8 Å². The molecular formula is C40H50N8O5S3. The molecule has 0 radical (unpaired) electrons. The standard InChI is InChI=1S/C20H24N4O2S2.C10H9N3S.C10H17NO3/c1-10-8-13-16(11(2)22-10)23-18(28-13)15-12-6-7-24(9-14(12)27-17(15)21)19(25)26-20(3,4)5;1-6-5-8-10(7(2)12-6)13-9(14-8)3-4-11;1-10(2,3)14-9(13)11-6-4-8(12)5-7-11/h8H,6-7,9,21H2,1-5H3;5H,3H2,1-2H3;4-7H2,1-3H3. The first-order chi connectivity index (χ1) is 26.2. The minimum Gasteiger partial charge on any atom is -0.444 e. The van der Waals surface area contributed by atoms with Gasteiger partial charge in [-0.15, -0.1) is 34.0 Å². The predicted octanol–water partition coefficient (Wildman–Crippen LogP) is 8.87. The minimum atomic E-state index is -0.498. The molecule has 5 aromatic heterocycles. The van der Waals surface area contributed by atoms with Crippen molar-refractivity contribution in [1.29, 1.82) is 5.26 Å². The molecule has 1 saturated heterocycles. The maximum atomic E-state index is 12.4. The summed E-state index contributed by atoms with van der Waals surface area (Å²) in [6, 6.07) is 6.19. The van der Waals surface area contributed by atoms with Gasteiger partial charge in [0.1, 0.15) is 38.0 Å². The van der Waals surface area contributed by atoms with Gasteiger partial charge >= 0.3 is 12.2 Å². The number of amides is 2. The van der Waals surface area contributed by atoms with Gasteiger partial charge in [-0.05, 0) is 93.4 Å². The van der Waals surface area contributed by atoms with Crippen LogP contribution >= 0.6 is 34.0 Å². The summed E-state index contributed by atoms with van der Waals surface area (Å²) in [5.41, 5.74) is 13.4. The topological polar surface area (TPSA) is 178 Å². The normalized spacial score (nSPS) is 14.3. The van der Waals surface area contributed by atoms with Crippen molar-refractivity contribution in [2.24, 2.45) is 0 Å². The van der Waals surface area contributed by atoms with Crippen LogP contribution in [-0.2, 0) is 33.7 Å². The minimum absolute atomic E-state index is 0.227. The third-order valence-electron chi connectivity index (χ3n) is 8.56. The van der Waals surface area contributed by atoms with Crippen molar-refractivity contribution in [3.63, 3.8) is 0 Å². The van der Waals surface area contributed by atoms with Crippen molar-refractivity contribution in [1.82, 2.24) is 29.7 Å². The predicted molar refractivity (Wildman–Crippen MR) is 223 cm³/mol. The van der Waals surface area contributed by atoms with Crippen molar-refractivity contribution in [3.8, 4) is 16.6 Å². The molecule has 16 heteroatoms. The number of nitrogens with two attached hydrogens (primary N) is 1. The Hall–Kier alpha value is -4.72. The third kappa shape index (κ3) is 10.8. The molecule has 13 nitrogen and oxygen atoms in total. The number of nitrogens with zero attached hydrogens (tertiary/aromatic N) is 7. The number of hydrogen-bond acceptors (Lipinski definition) is 14. The fourth-order valence-corrected chi connectivity index (χ4v) is 9.61. The third-order valence-corrected chi connectivity index (χ3v) is 11.6. The molecule has 0 bridgehead atoms. The number of thiophene rings is 1. The second kappa shape index (κ2) is 17.2. The van der Waals surface area contributed by atoms with Crippen LogP contribution in [0.2, 0.25) is 0 Å². The number of ether oxygens (including phenoxy) is 2. The highest BCUT2D eigenvalue weighted by molar-refractivity contribution is 7.22. The van der Waals surface area contributed by atoms with Crippen LogP contribution in [0.25, 0.3) is 31.0 Å². The number of ketones is 1. The second-order valence-electron chi connectivity index (χ2n) is 15.8. The Morgan fingerprint density at radius 2 is 1.30 bits per heavy atom. The van der Waals surface area contributed by atoms with Crippen LogP contribution in [0.5, 0.6) is 0 Å². The number of likely N-dealkylation sites (tertiary alicyclic amines) is 1. The largest absolute Gasteiger partial charge is 0.444 e. The molecule has 0 aliphatic carbocycles. The van der Waals surface area contributed by atoms with Gasteiger partial charge in [0.2, 0.25) is 0 Å². The highest BCUT2D eigenvalue weighted by atomic mass is 32.1. The summed E-state index contributed by atoms with van der Waals surface area (Å²) in [6.07, 6.45) is 1.47. The number of fused-ring (bicyclic) bond motifs is 3. The molecule has 298 valence electrons. The van der Waals surface area contributed by atoms with Gasteiger partial charge in [0.25, 0.3) is 0 Å². The number of piperidine rings is 1. The summed E-state index contributed by atoms with van der Waals surface area (Å²) in [6.45, 7) is 21.2. The summed E-state index contributed by atoms with van der Waals surface area (Å²) in [5.74, 6) is 0.227. The van der Waals surface area contributed by atoms with Crippen LogP contribution in [0.3, 0.4) is 0 Å². The molecule has 2 amide bonds. The molecule has 0 aromatic carbocycles. The van der Waals surface area contributed by atoms with Gasteiger partial charge in [0.15, 0.2) is 0 Å². The number of hydrogen-bond donors (Lipinski definition) is 1. The van der Waals surface area contributed by atoms with Crippen molar-refractivity contribution < 1.29 is 23.9 Å². The number of aryl methyl sites for hydroxylation is 4. The molecule has 0 saturated carbocycles. The Morgan fingerprint density at radius 3 is 1.86 bits per heavy atom. The summed E-state index contributed by atoms with van der Waals surface area (Å²) in [5, 5.41) is 11.1. The summed E-state index contributed by atoms with van der Waals surface area (Å²) in [7, 11) is 0. The maximum Gasteiger partial charge on any atom is 0.410 e. The molecule has 1 fully saturated rings. The molecule has 2 aliphatic heterocycles. The van der Waals surface area contributed by atoms with E-state index in [2.05, 4.69) is 27.1 Å². The first kappa shape index (κ1) is 42.4. The van der Waals surface area contributed by atoms with Crippen molar-refractivity contribution in [2.45, 2.75) is 113 Å². The molecule has 0 unspecified atom stereocenters. The Balaban J connectivity index is 0.000000180. The number of nitriles is 1. The first-order valence-corrected chi connectivity index (χ1v) is 20.9. The van der Waals surface area contributed by atoms with Gasteiger partial charge in [-0.25, -0.2) is 19.6 Å². The lowest BCUT2D eigenvalue weighted by Gasteiger charge is -2.30. The van der Waals surface area contributed by atoms with Gasteiger partial charge in [-0.3, -0.25) is 14.8 Å². The fourth-order valence-electron chi connectivity index (χ4n) is 6.16. The number of carbonyl (C=O) groups excluding carboxylic acids is 3. The molecule has 7 heterocycles.